The number of aromatic nitrogens is 1. The molecule has 1 aromatic heterocycles. The molecule has 0 spiro atoms. The van der Waals surface area contributed by atoms with Crippen molar-refractivity contribution in [3.05, 3.63) is 53.7 Å². The molecule has 21 heavy (non-hydrogen) atoms. The number of amides is 1. The van der Waals surface area contributed by atoms with Gasteiger partial charge in [0, 0.05) is 14.1 Å². The van der Waals surface area contributed by atoms with Crippen molar-refractivity contribution in [1.82, 2.24) is 4.98 Å². The number of carbonyl (C=O) groups is 2. The molecule has 0 saturated heterocycles. The monoisotopic (exact) mass is 285 g/mol. The number of carbonyl (C=O) groups excluding carboxylic acids is 1. The maximum absolute atomic E-state index is 12.1. The van der Waals surface area contributed by atoms with E-state index < -0.39 is 11.9 Å². The Morgan fingerprint density at radius 1 is 1.10 bits per heavy atom. The Kier molecular flexibility index (Phi) is 4.18. The molecule has 1 heterocycles. The summed E-state index contributed by atoms with van der Waals surface area (Å²) in [4.78, 5) is 29.3. The maximum atomic E-state index is 12.1. The fraction of sp³-hybridized carbons (Fsp3) is 0.133. The van der Waals surface area contributed by atoms with Gasteiger partial charge in [0.1, 0.15) is 5.82 Å². The average molecular weight is 285 g/mol. The van der Waals surface area contributed by atoms with E-state index in [9.17, 15) is 9.59 Å². The van der Waals surface area contributed by atoms with Crippen molar-refractivity contribution in [3.8, 4) is 0 Å². The summed E-state index contributed by atoms with van der Waals surface area (Å²) in [5.74, 6) is -0.854. The van der Waals surface area contributed by atoms with Gasteiger partial charge in [-0.05, 0) is 24.3 Å². The second kappa shape index (κ2) is 6.04. The molecular weight excluding hydrogens is 270 g/mol. The van der Waals surface area contributed by atoms with E-state index in [0.29, 0.717) is 5.69 Å². The highest BCUT2D eigenvalue weighted by molar-refractivity contribution is 6.10. The van der Waals surface area contributed by atoms with Gasteiger partial charge in [-0.15, -0.1) is 0 Å². The van der Waals surface area contributed by atoms with Crippen LogP contribution < -0.4 is 10.2 Å². The summed E-state index contributed by atoms with van der Waals surface area (Å²) in [6.45, 7) is 0. The van der Waals surface area contributed by atoms with E-state index in [2.05, 4.69) is 10.3 Å². The van der Waals surface area contributed by atoms with E-state index in [-0.39, 0.29) is 11.1 Å². The Bertz CT molecular complexity index is 666. The molecule has 0 bridgehead atoms. The first-order chi connectivity index (χ1) is 9.99. The van der Waals surface area contributed by atoms with Crippen molar-refractivity contribution in [1.29, 1.82) is 0 Å². The van der Waals surface area contributed by atoms with Gasteiger partial charge in [0.25, 0.3) is 5.91 Å². The SMILES string of the molecule is CN(C)c1ccc(NC(=O)c2ccccc2C(=O)O)cn1. The van der Waals surface area contributed by atoms with Gasteiger partial charge in [-0.1, -0.05) is 12.1 Å². The third-order valence-electron chi connectivity index (χ3n) is 2.87. The molecule has 2 N–H and O–H groups in total. The second-order valence-electron chi connectivity index (χ2n) is 4.60. The number of hydrogen-bond acceptors (Lipinski definition) is 4. The Hall–Kier alpha value is -2.89. The van der Waals surface area contributed by atoms with Crippen molar-refractivity contribution in [2.75, 3.05) is 24.3 Å². The number of pyridine rings is 1. The van der Waals surface area contributed by atoms with Gasteiger partial charge in [0.15, 0.2) is 0 Å². The minimum absolute atomic E-state index is 0.0344. The van der Waals surface area contributed by atoms with E-state index >= 15 is 0 Å². The molecule has 6 heteroatoms. The normalized spacial score (nSPS) is 10.0. The highest BCUT2D eigenvalue weighted by Gasteiger charge is 2.15. The molecule has 0 fully saturated rings. The third kappa shape index (κ3) is 3.36. The third-order valence-corrected chi connectivity index (χ3v) is 2.87. The number of nitrogens with one attached hydrogen (secondary N) is 1. The van der Waals surface area contributed by atoms with Crippen LogP contribution in [-0.2, 0) is 0 Å². The highest BCUT2D eigenvalue weighted by atomic mass is 16.4. The van der Waals surface area contributed by atoms with E-state index in [1.54, 1.807) is 24.3 Å². The molecule has 0 aliphatic carbocycles. The maximum Gasteiger partial charge on any atom is 0.336 e. The number of anilines is 2. The Balaban J connectivity index is 2.20. The molecule has 6 nitrogen and oxygen atoms in total. The summed E-state index contributed by atoms with van der Waals surface area (Å²) in [5.41, 5.74) is 0.584. The van der Waals surface area contributed by atoms with Crippen molar-refractivity contribution < 1.29 is 14.7 Å². The molecule has 1 amide bonds. The topological polar surface area (TPSA) is 82.5 Å². The molecule has 1 aromatic carbocycles. The van der Waals surface area contributed by atoms with Crippen LogP contribution in [-0.4, -0.2) is 36.1 Å². The van der Waals surface area contributed by atoms with E-state index in [0.717, 1.165) is 5.82 Å². The van der Waals surface area contributed by atoms with Gasteiger partial charge in [0.2, 0.25) is 0 Å². The number of rotatable bonds is 4. The number of carboxylic acids is 1. The number of carboxylic acid groups (broad SMARTS) is 1. The molecule has 0 aliphatic rings. The summed E-state index contributed by atoms with van der Waals surface area (Å²) in [6, 6.07) is 9.54. The second-order valence-corrected chi connectivity index (χ2v) is 4.60. The highest BCUT2D eigenvalue weighted by Crippen LogP contribution is 2.15. The lowest BCUT2D eigenvalue weighted by molar-refractivity contribution is 0.0692. The smallest absolute Gasteiger partial charge is 0.336 e. The first-order valence-electron chi connectivity index (χ1n) is 6.26. The van der Waals surface area contributed by atoms with Gasteiger partial charge in [-0.3, -0.25) is 4.79 Å². The molecule has 0 saturated carbocycles. The number of nitrogens with zero attached hydrogens (tertiary/aromatic N) is 2. The summed E-state index contributed by atoms with van der Waals surface area (Å²) in [5, 5.41) is 11.7. The zero-order chi connectivity index (χ0) is 15.4. The number of aromatic carboxylic acids is 1. The van der Waals surface area contributed by atoms with Gasteiger partial charge < -0.3 is 15.3 Å². The average Bonchev–Trinajstić information content (AvgIpc) is 2.47. The minimum atomic E-state index is -1.14. The van der Waals surface area contributed by atoms with E-state index in [4.69, 9.17) is 5.11 Å². The molecule has 2 rings (SSSR count). The van der Waals surface area contributed by atoms with Crippen LogP contribution in [0.15, 0.2) is 42.6 Å². The summed E-state index contributed by atoms with van der Waals surface area (Å²) in [7, 11) is 3.73. The van der Waals surface area contributed by atoms with Crippen LogP contribution in [0.4, 0.5) is 11.5 Å². The van der Waals surface area contributed by atoms with Crippen LogP contribution in [0.2, 0.25) is 0 Å². The first-order valence-corrected chi connectivity index (χ1v) is 6.26. The zero-order valence-corrected chi connectivity index (χ0v) is 11.7. The summed E-state index contributed by atoms with van der Waals surface area (Å²) in [6.07, 6.45) is 1.52. The molecular formula is C15H15N3O3. The van der Waals surface area contributed by atoms with Crippen LogP contribution in [0.5, 0.6) is 0 Å². The van der Waals surface area contributed by atoms with Gasteiger partial charge >= 0.3 is 5.97 Å². The van der Waals surface area contributed by atoms with Crippen LogP contribution in [0.25, 0.3) is 0 Å². The van der Waals surface area contributed by atoms with E-state index in [1.807, 2.05) is 19.0 Å². The number of benzene rings is 1. The molecule has 0 radical (unpaired) electrons. The van der Waals surface area contributed by atoms with Crippen LogP contribution >= 0.6 is 0 Å². The lowest BCUT2D eigenvalue weighted by atomic mass is 10.1. The predicted octanol–water partition coefficient (Wildman–Crippen LogP) is 2.10. The fourth-order valence-electron chi connectivity index (χ4n) is 1.79. The summed E-state index contributed by atoms with van der Waals surface area (Å²) >= 11 is 0. The van der Waals surface area contributed by atoms with Gasteiger partial charge in [-0.2, -0.15) is 0 Å². The van der Waals surface area contributed by atoms with Crippen molar-refractivity contribution >= 4 is 23.4 Å². The largest absolute Gasteiger partial charge is 0.478 e. The summed E-state index contributed by atoms with van der Waals surface area (Å²) < 4.78 is 0. The number of hydrogen-bond donors (Lipinski definition) is 2. The molecule has 0 aliphatic heterocycles. The standard InChI is InChI=1S/C15H15N3O3/c1-18(2)13-8-7-10(9-16-13)17-14(19)11-5-3-4-6-12(11)15(20)21/h3-9H,1-2H3,(H,17,19)(H,20,21). The molecule has 2 aromatic rings. The van der Waals surface area contributed by atoms with Crippen molar-refractivity contribution in [3.63, 3.8) is 0 Å². The Morgan fingerprint density at radius 2 is 1.76 bits per heavy atom. The Labute approximate surface area is 122 Å². The Morgan fingerprint density at radius 3 is 2.29 bits per heavy atom. The fourth-order valence-corrected chi connectivity index (χ4v) is 1.79. The lowest BCUT2D eigenvalue weighted by Crippen LogP contribution is -2.17. The van der Waals surface area contributed by atoms with Crippen LogP contribution in [0.3, 0.4) is 0 Å². The van der Waals surface area contributed by atoms with Gasteiger partial charge in [-0.25, -0.2) is 9.78 Å². The molecule has 108 valence electrons. The first kappa shape index (κ1) is 14.5. The predicted molar refractivity (Wildman–Crippen MR) is 79.9 cm³/mol. The van der Waals surface area contributed by atoms with Crippen molar-refractivity contribution in [2.45, 2.75) is 0 Å². The lowest BCUT2D eigenvalue weighted by Gasteiger charge is -2.12. The van der Waals surface area contributed by atoms with E-state index in [1.165, 1.54) is 18.3 Å². The van der Waals surface area contributed by atoms with Crippen LogP contribution in [0, 0.1) is 0 Å². The quantitative estimate of drug-likeness (QED) is 0.899. The van der Waals surface area contributed by atoms with Crippen LogP contribution in [0.1, 0.15) is 20.7 Å². The zero-order valence-electron chi connectivity index (χ0n) is 11.7. The van der Waals surface area contributed by atoms with Gasteiger partial charge in [0.05, 0.1) is 23.0 Å². The minimum Gasteiger partial charge on any atom is -0.478 e. The molecule has 0 atom stereocenters. The van der Waals surface area contributed by atoms with Crippen molar-refractivity contribution in [2.24, 2.45) is 0 Å². The molecule has 0 unspecified atom stereocenters.